The first-order chi connectivity index (χ1) is 18.6. The lowest BCUT2D eigenvalue weighted by molar-refractivity contribution is -0.691. The van der Waals surface area contributed by atoms with Crippen molar-refractivity contribution in [3.05, 3.63) is 89.6 Å². The summed E-state index contributed by atoms with van der Waals surface area (Å²) in [6.45, 7) is 8.23. The zero-order valence-electron chi connectivity index (χ0n) is 22.9. The zero-order valence-corrected chi connectivity index (χ0v) is 22.9. The predicted molar refractivity (Wildman–Crippen MR) is 147 cm³/mol. The molecule has 2 aromatic rings. The molecule has 2 amide bonds. The van der Waals surface area contributed by atoms with Crippen LogP contribution < -0.4 is 0 Å². The van der Waals surface area contributed by atoms with Crippen LogP contribution in [0.3, 0.4) is 0 Å². The zero-order chi connectivity index (χ0) is 27.5. The molecular formula is C32H37N2O5+. The van der Waals surface area contributed by atoms with Crippen LogP contribution in [0.5, 0.6) is 0 Å². The van der Waals surface area contributed by atoms with E-state index in [1.165, 1.54) is 0 Å². The summed E-state index contributed by atoms with van der Waals surface area (Å²) in [7, 11) is 0. The molecule has 204 valence electrons. The molecule has 0 aliphatic carbocycles. The van der Waals surface area contributed by atoms with Gasteiger partial charge >= 0.3 is 12.0 Å². The number of carbonyl (C=O) groups is 2. The van der Waals surface area contributed by atoms with Gasteiger partial charge in [0.15, 0.2) is 5.54 Å². The van der Waals surface area contributed by atoms with Gasteiger partial charge in [-0.15, -0.1) is 0 Å². The first-order valence-corrected chi connectivity index (χ1v) is 13.9. The van der Waals surface area contributed by atoms with Crippen molar-refractivity contribution in [3.8, 4) is 0 Å². The second kappa shape index (κ2) is 9.15. The molecule has 2 spiro atoms. The Morgan fingerprint density at radius 2 is 1.82 bits per heavy atom. The second-order valence-electron chi connectivity index (χ2n) is 12.3. The number of nitrogens with zero attached hydrogens (tertiary/aromatic N) is 2. The minimum atomic E-state index is -0.993. The van der Waals surface area contributed by atoms with E-state index in [0.29, 0.717) is 30.5 Å². The van der Waals surface area contributed by atoms with Crippen LogP contribution in [-0.4, -0.2) is 63.9 Å². The summed E-state index contributed by atoms with van der Waals surface area (Å²) >= 11 is 0. The molecule has 7 heteroatoms. The Kier molecular flexibility index (Phi) is 6.10. The highest BCUT2D eigenvalue weighted by Crippen LogP contribution is 2.51. The number of allylic oxidation sites excluding steroid dienone is 2. The van der Waals surface area contributed by atoms with Crippen molar-refractivity contribution < 1.29 is 28.7 Å². The van der Waals surface area contributed by atoms with Crippen LogP contribution in [0.25, 0.3) is 5.57 Å². The molecule has 4 atom stereocenters. The first-order valence-electron chi connectivity index (χ1n) is 13.9. The highest BCUT2D eigenvalue weighted by atomic mass is 16.6. The molecule has 7 nitrogen and oxygen atoms in total. The Bertz CT molecular complexity index is 1340. The third-order valence-electron chi connectivity index (χ3n) is 9.04. The maximum absolute atomic E-state index is 13.4. The number of carbonyl (C=O) groups excluding carboxylic acids is 2. The van der Waals surface area contributed by atoms with E-state index in [1.54, 1.807) is 24.8 Å². The fourth-order valence-corrected chi connectivity index (χ4v) is 6.77. The number of cyclic esters (lactones) is 1. The Morgan fingerprint density at radius 1 is 1.08 bits per heavy atom. The van der Waals surface area contributed by atoms with Gasteiger partial charge in [0.05, 0.1) is 24.3 Å². The maximum Gasteiger partial charge on any atom is 0.411 e. The van der Waals surface area contributed by atoms with E-state index in [2.05, 4.69) is 6.08 Å². The summed E-state index contributed by atoms with van der Waals surface area (Å²) in [5, 5.41) is 10.6. The molecule has 39 heavy (non-hydrogen) atoms. The van der Waals surface area contributed by atoms with Gasteiger partial charge in [-0.1, -0.05) is 54.6 Å². The van der Waals surface area contributed by atoms with Crippen molar-refractivity contribution in [1.29, 1.82) is 0 Å². The first kappa shape index (κ1) is 26.0. The topological polar surface area (TPSA) is 76.1 Å². The standard InChI is InChI=1S/C32H37N2O5/c1-23(33-16-14-32(39-29(33)36,20-30(2,3)37)27-7-5-4-6-8-27)24-9-11-25(12-10-24)26-13-17-34(28(35)19-26)21-31(34)15-18-38-22-31/h4-13,17,19,23,37H,14-16,18,20-22H2,1-3H3/q+1/t23-,31+,32-,34?/m0/s1. The molecular weight excluding hydrogens is 492 g/mol. The Morgan fingerprint density at radius 3 is 2.44 bits per heavy atom. The summed E-state index contributed by atoms with van der Waals surface area (Å²) in [6.07, 6.45) is 7.32. The number of ether oxygens (including phenoxy) is 2. The molecule has 0 bridgehead atoms. The number of quaternary nitrogens is 1. The van der Waals surface area contributed by atoms with Crippen LogP contribution in [0, 0.1) is 0 Å². The van der Waals surface area contributed by atoms with E-state index < -0.39 is 11.2 Å². The summed E-state index contributed by atoms with van der Waals surface area (Å²) in [5.74, 6) is 0.125. The van der Waals surface area contributed by atoms with E-state index in [9.17, 15) is 14.7 Å². The van der Waals surface area contributed by atoms with Gasteiger partial charge < -0.3 is 19.5 Å². The number of hydrogen-bond donors (Lipinski definition) is 1. The van der Waals surface area contributed by atoms with Crippen molar-refractivity contribution in [2.75, 3.05) is 26.3 Å². The molecule has 3 fully saturated rings. The average molecular weight is 530 g/mol. The van der Waals surface area contributed by atoms with Gasteiger partial charge in [0.2, 0.25) is 0 Å². The number of hydrogen-bond acceptors (Lipinski definition) is 5. The van der Waals surface area contributed by atoms with Crippen molar-refractivity contribution in [1.82, 2.24) is 4.90 Å². The molecule has 4 heterocycles. The predicted octanol–water partition coefficient (Wildman–Crippen LogP) is 5.07. The lowest BCUT2D eigenvalue weighted by Gasteiger charge is -2.45. The molecule has 3 saturated heterocycles. The SMILES string of the molecule is C[C@@H](c1ccc(C2=CC(=O)[N+]3(C=C2)C[C@@]32CCOC2)cc1)N1CC[C@](CC(C)(C)O)(c2ccccc2)OC1=O. The van der Waals surface area contributed by atoms with Crippen LogP contribution in [0.15, 0.2) is 72.9 Å². The minimum absolute atomic E-state index is 0.0526. The van der Waals surface area contributed by atoms with Gasteiger partial charge in [-0.05, 0) is 43.0 Å². The van der Waals surface area contributed by atoms with E-state index in [1.807, 2.05) is 67.7 Å². The Hall–Kier alpha value is -3.26. The molecule has 0 aromatic heterocycles. The quantitative estimate of drug-likeness (QED) is 0.418. The minimum Gasteiger partial charge on any atom is -0.438 e. The smallest absolute Gasteiger partial charge is 0.411 e. The molecule has 2 aromatic carbocycles. The molecule has 0 saturated carbocycles. The summed E-state index contributed by atoms with van der Waals surface area (Å²) < 4.78 is 12.1. The van der Waals surface area contributed by atoms with Crippen molar-refractivity contribution >= 4 is 17.6 Å². The molecule has 1 N–H and O–H groups in total. The van der Waals surface area contributed by atoms with Crippen molar-refractivity contribution in [2.24, 2.45) is 0 Å². The summed E-state index contributed by atoms with van der Waals surface area (Å²) in [6, 6.07) is 17.6. The fraction of sp³-hybridized carbons (Fsp3) is 0.438. The second-order valence-corrected chi connectivity index (χ2v) is 12.3. The van der Waals surface area contributed by atoms with Crippen LogP contribution in [0.1, 0.15) is 62.8 Å². The molecule has 4 aliphatic heterocycles. The molecule has 0 radical (unpaired) electrons. The van der Waals surface area contributed by atoms with Crippen LogP contribution in [0.2, 0.25) is 0 Å². The third kappa shape index (κ3) is 4.42. The van der Waals surface area contributed by atoms with Gasteiger partial charge in [-0.3, -0.25) is 0 Å². The Labute approximate surface area is 229 Å². The van der Waals surface area contributed by atoms with Gasteiger partial charge in [0, 0.05) is 31.9 Å². The van der Waals surface area contributed by atoms with Gasteiger partial charge in [-0.25, -0.2) is 14.1 Å². The molecule has 1 unspecified atom stereocenters. The van der Waals surface area contributed by atoms with Gasteiger partial charge in [0.1, 0.15) is 25.0 Å². The van der Waals surface area contributed by atoms with Gasteiger partial charge in [0.25, 0.3) is 0 Å². The Balaban J connectivity index is 1.16. The van der Waals surface area contributed by atoms with Crippen LogP contribution in [-0.2, 0) is 19.9 Å². The number of amides is 2. The highest BCUT2D eigenvalue weighted by molar-refractivity contribution is 5.97. The van der Waals surface area contributed by atoms with Crippen LogP contribution >= 0.6 is 0 Å². The number of rotatable bonds is 6. The highest BCUT2D eigenvalue weighted by Gasteiger charge is 2.74. The summed E-state index contributed by atoms with van der Waals surface area (Å²) in [5.41, 5.74) is 1.86. The molecule has 4 aliphatic rings. The normalized spacial score (nSPS) is 31.0. The molecule has 6 rings (SSSR count). The summed E-state index contributed by atoms with van der Waals surface area (Å²) in [4.78, 5) is 28.2. The van der Waals surface area contributed by atoms with Crippen LogP contribution in [0.4, 0.5) is 4.79 Å². The van der Waals surface area contributed by atoms with E-state index in [-0.39, 0.29) is 23.6 Å². The fourth-order valence-electron chi connectivity index (χ4n) is 6.77. The van der Waals surface area contributed by atoms with Crippen molar-refractivity contribution in [3.63, 3.8) is 0 Å². The van der Waals surface area contributed by atoms with E-state index >= 15 is 0 Å². The van der Waals surface area contributed by atoms with E-state index in [0.717, 1.165) is 41.8 Å². The largest absolute Gasteiger partial charge is 0.438 e. The number of benzene rings is 2. The number of fused-ring (bicyclic) bond motifs is 1. The lowest BCUT2D eigenvalue weighted by Crippen LogP contribution is -2.51. The lowest BCUT2D eigenvalue weighted by atomic mass is 9.80. The maximum atomic E-state index is 13.4. The third-order valence-corrected chi connectivity index (χ3v) is 9.04. The van der Waals surface area contributed by atoms with E-state index in [4.69, 9.17) is 9.47 Å². The van der Waals surface area contributed by atoms with Gasteiger partial charge in [-0.2, -0.15) is 0 Å². The van der Waals surface area contributed by atoms with Crippen molar-refractivity contribution in [2.45, 2.75) is 62.8 Å². The monoisotopic (exact) mass is 529 g/mol. The average Bonchev–Trinajstić information content (AvgIpc) is 3.26. The number of aliphatic hydroxyl groups is 1.